The van der Waals surface area contributed by atoms with Gasteiger partial charge in [-0.25, -0.2) is 13.2 Å². The Hall–Kier alpha value is -0.780. The fourth-order valence-electron chi connectivity index (χ4n) is 3.09. The molecule has 1 unspecified atom stereocenters. The van der Waals surface area contributed by atoms with Crippen molar-refractivity contribution < 1.29 is 13.2 Å². The summed E-state index contributed by atoms with van der Waals surface area (Å²) in [7, 11) is -2.94. The molecule has 0 radical (unpaired) electrons. The van der Waals surface area contributed by atoms with Crippen LogP contribution < -0.4 is 5.32 Å². The van der Waals surface area contributed by atoms with E-state index in [9.17, 15) is 13.2 Å². The molecule has 1 aliphatic heterocycles. The Morgan fingerprint density at radius 3 is 2.42 bits per heavy atom. The third-order valence-electron chi connectivity index (χ3n) is 4.18. The minimum absolute atomic E-state index is 0.0866. The Bertz CT molecular complexity index is 416. The maximum Gasteiger partial charge on any atom is 0.317 e. The molecule has 1 saturated carbocycles. The molecule has 110 valence electrons. The standard InChI is InChI=1S/C13H24N2O3S/c1-2-15(12-8-9-19(17,18)10-12)13(16)14-11-6-4-3-5-7-11/h11-12H,2-10H2,1H3,(H,14,16). The summed E-state index contributed by atoms with van der Waals surface area (Å²) in [5, 5.41) is 3.07. The molecule has 2 amide bonds. The largest absolute Gasteiger partial charge is 0.335 e. The van der Waals surface area contributed by atoms with E-state index in [0.29, 0.717) is 13.0 Å². The normalized spacial score (nSPS) is 27.1. The highest BCUT2D eigenvalue weighted by molar-refractivity contribution is 7.91. The van der Waals surface area contributed by atoms with Crippen molar-refractivity contribution in [3.05, 3.63) is 0 Å². The lowest BCUT2D eigenvalue weighted by atomic mass is 9.96. The van der Waals surface area contributed by atoms with Gasteiger partial charge in [-0.2, -0.15) is 0 Å². The Morgan fingerprint density at radius 2 is 1.89 bits per heavy atom. The molecule has 19 heavy (non-hydrogen) atoms. The van der Waals surface area contributed by atoms with Crippen LogP contribution in [-0.4, -0.2) is 49.5 Å². The molecule has 1 N–H and O–H groups in total. The quantitative estimate of drug-likeness (QED) is 0.856. The summed E-state index contributed by atoms with van der Waals surface area (Å²) in [6.45, 7) is 2.48. The monoisotopic (exact) mass is 288 g/mol. The van der Waals surface area contributed by atoms with Gasteiger partial charge in [0.05, 0.1) is 11.5 Å². The number of hydrogen-bond donors (Lipinski definition) is 1. The molecule has 1 atom stereocenters. The van der Waals surface area contributed by atoms with E-state index in [-0.39, 0.29) is 29.6 Å². The minimum atomic E-state index is -2.94. The van der Waals surface area contributed by atoms with Gasteiger partial charge in [-0.3, -0.25) is 0 Å². The number of urea groups is 1. The average Bonchev–Trinajstić information content (AvgIpc) is 2.72. The van der Waals surface area contributed by atoms with Crippen molar-refractivity contribution in [2.24, 2.45) is 0 Å². The summed E-state index contributed by atoms with van der Waals surface area (Å²) in [6, 6.07) is 0.0448. The van der Waals surface area contributed by atoms with Gasteiger partial charge in [-0.1, -0.05) is 19.3 Å². The minimum Gasteiger partial charge on any atom is -0.335 e. The molecule has 0 spiro atoms. The van der Waals surface area contributed by atoms with Crippen LogP contribution in [0.1, 0.15) is 45.4 Å². The summed E-state index contributed by atoms with van der Waals surface area (Å²) in [5.74, 6) is 0.337. The zero-order valence-corrected chi connectivity index (χ0v) is 12.4. The molecule has 0 aromatic heterocycles. The third kappa shape index (κ3) is 3.84. The topological polar surface area (TPSA) is 66.5 Å². The molecule has 0 aromatic rings. The van der Waals surface area contributed by atoms with Gasteiger partial charge >= 0.3 is 6.03 Å². The SMILES string of the molecule is CCN(C(=O)NC1CCCCC1)C1CCS(=O)(=O)C1. The number of hydrogen-bond acceptors (Lipinski definition) is 3. The highest BCUT2D eigenvalue weighted by atomic mass is 32.2. The van der Waals surface area contributed by atoms with Crippen molar-refractivity contribution in [2.75, 3.05) is 18.1 Å². The number of nitrogens with zero attached hydrogens (tertiary/aromatic N) is 1. The Morgan fingerprint density at radius 1 is 1.21 bits per heavy atom. The van der Waals surface area contributed by atoms with Crippen LogP contribution in [-0.2, 0) is 9.84 Å². The molecule has 2 fully saturated rings. The number of nitrogens with one attached hydrogen (secondary N) is 1. The molecule has 0 aromatic carbocycles. The summed E-state index contributed by atoms with van der Waals surface area (Å²) < 4.78 is 23.0. The summed E-state index contributed by atoms with van der Waals surface area (Å²) in [6.07, 6.45) is 6.28. The van der Waals surface area contributed by atoms with E-state index >= 15 is 0 Å². The number of carbonyl (C=O) groups is 1. The van der Waals surface area contributed by atoms with Crippen LogP contribution in [0.4, 0.5) is 4.79 Å². The summed E-state index contributed by atoms with van der Waals surface area (Å²) in [4.78, 5) is 14.0. The van der Waals surface area contributed by atoms with Crippen molar-refractivity contribution in [1.82, 2.24) is 10.2 Å². The zero-order valence-electron chi connectivity index (χ0n) is 11.6. The van der Waals surface area contributed by atoms with E-state index in [1.165, 1.54) is 19.3 Å². The lowest BCUT2D eigenvalue weighted by Crippen LogP contribution is -2.50. The van der Waals surface area contributed by atoms with Gasteiger partial charge in [0.25, 0.3) is 0 Å². The Kier molecular flexibility index (Phi) is 4.71. The van der Waals surface area contributed by atoms with Crippen molar-refractivity contribution >= 4 is 15.9 Å². The smallest absolute Gasteiger partial charge is 0.317 e. The van der Waals surface area contributed by atoms with Gasteiger partial charge in [-0.15, -0.1) is 0 Å². The van der Waals surface area contributed by atoms with Gasteiger partial charge in [0, 0.05) is 18.6 Å². The number of rotatable bonds is 3. The van der Waals surface area contributed by atoms with Crippen molar-refractivity contribution in [2.45, 2.75) is 57.5 Å². The first-order chi connectivity index (χ1) is 9.02. The van der Waals surface area contributed by atoms with Gasteiger partial charge < -0.3 is 10.2 Å². The van der Waals surface area contributed by atoms with Crippen molar-refractivity contribution in [3.8, 4) is 0 Å². The molecular weight excluding hydrogens is 264 g/mol. The third-order valence-corrected chi connectivity index (χ3v) is 5.93. The fraction of sp³-hybridized carbons (Fsp3) is 0.923. The van der Waals surface area contributed by atoms with E-state index in [1.54, 1.807) is 4.90 Å². The molecule has 1 aliphatic carbocycles. The van der Waals surface area contributed by atoms with Crippen LogP contribution in [0.3, 0.4) is 0 Å². The molecule has 6 heteroatoms. The molecular formula is C13H24N2O3S. The molecule has 1 heterocycles. The Labute approximate surface area is 115 Å². The van der Waals surface area contributed by atoms with Crippen molar-refractivity contribution in [1.29, 1.82) is 0 Å². The highest BCUT2D eigenvalue weighted by Gasteiger charge is 2.34. The van der Waals surface area contributed by atoms with Crippen LogP contribution in [0.5, 0.6) is 0 Å². The first-order valence-electron chi connectivity index (χ1n) is 7.29. The van der Waals surface area contributed by atoms with E-state index in [2.05, 4.69) is 5.32 Å². The second-order valence-electron chi connectivity index (χ2n) is 5.63. The number of carbonyl (C=O) groups excluding carboxylic acids is 1. The van der Waals surface area contributed by atoms with E-state index in [1.807, 2.05) is 6.92 Å². The molecule has 2 aliphatic rings. The predicted molar refractivity (Wildman–Crippen MR) is 74.8 cm³/mol. The van der Waals surface area contributed by atoms with Crippen molar-refractivity contribution in [3.63, 3.8) is 0 Å². The number of sulfone groups is 1. The molecule has 2 rings (SSSR count). The second kappa shape index (κ2) is 6.11. The van der Waals surface area contributed by atoms with E-state index < -0.39 is 9.84 Å². The number of amides is 2. The van der Waals surface area contributed by atoms with Gasteiger partial charge in [0.2, 0.25) is 0 Å². The Balaban J connectivity index is 1.91. The summed E-state index contributed by atoms with van der Waals surface area (Å²) >= 11 is 0. The van der Waals surface area contributed by atoms with Crippen LogP contribution in [0.25, 0.3) is 0 Å². The van der Waals surface area contributed by atoms with Gasteiger partial charge in [0.15, 0.2) is 9.84 Å². The van der Waals surface area contributed by atoms with E-state index in [4.69, 9.17) is 0 Å². The molecule has 1 saturated heterocycles. The average molecular weight is 288 g/mol. The van der Waals surface area contributed by atoms with E-state index in [0.717, 1.165) is 12.8 Å². The van der Waals surface area contributed by atoms with Crippen LogP contribution in [0.2, 0.25) is 0 Å². The lowest BCUT2D eigenvalue weighted by molar-refractivity contribution is 0.176. The zero-order chi connectivity index (χ0) is 13.9. The van der Waals surface area contributed by atoms with Gasteiger partial charge in [-0.05, 0) is 26.2 Å². The predicted octanol–water partition coefficient (Wildman–Crippen LogP) is 1.54. The molecule has 5 nitrogen and oxygen atoms in total. The first-order valence-corrected chi connectivity index (χ1v) is 9.11. The van der Waals surface area contributed by atoms with Crippen LogP contribution >= 0.6 is 0 Å². The van der Waals surface area contributed by atoms with Crippen LogP contribution in [0.15, 0.2) is 0 Å². The van der Waals surface area contributed by atoms with Gasteiger partial charge in [0.1, 0.15) is 0 Å². The second-order valence-corrected chi connectivity index (χ2v) is 7.86. The maximum absolute atomic E-state index is 12.3. The fourth-order valence-corrected chi connectivity index (χ4v) is 4.82. The highest BCUT2D eigenvalue weighted by Crippen LogP contribution is 2.20. The first kappa shape index (κ1) is 14.6. The van der Waals surface area contributed by atoms with Crippen LogP contribution in [0, 0.1) is 0 Å². The lowest BCUT2D eigenvalue weighted by Gasteiger charge is -2.30. The summed E-state index contributed by atoms with van der Waals surface area (Å²) in [5.41, 5.74) is 0. The maximum atomic E-state index is 12.3. The molecule has 0 bridgehead atoms.